The second-order valence-corrected chi connectivity index (χ2v) is 5.63. The van der Waals surface area contributed by atoms with Crippen molar-refractivity contribution in [3.8, 4) is 0 Å². The number of pyridine rings is 1. The molecule has 1 aromatic heterocycles. The van der Waals surface area contributed by atoms with Crippen LogP contribution in [0.3, 0.4) is 0 Å². The fraction of sp³-hybridized carbons (Fsp3) is 0.421. The van der Waals surface area contributed by atoms with Crippen LogP contribution in [0.5, 0.6) is 0 Å². The van der Waals surface area contributed by atoms with Crippen molar-refractivity contribution in [2.24, 2.45) is 0 Å². The lowest BCUT2D eigenvalue weighted by molar-refractivity contribution is 0.569. The van der Waals surface area contributed by atoms with Crippen LogP contribution in [-0.2, 0) is 6.42 Å². The summed E-state index contributed by atoms with van der Waals surface area (Å²) in [6.07, 6.45) is 11.7. The van der Waals surface area contributed by atoms with Gasteiger partial charge in [0.15, 0.2) is 0 Å². The summed E-state index contributed by atoms with van der Waals surface area (Å²) in [5.74, 6) is 0.637. The van der Waals surface area contributed by atoms with Gasteiger partial charge < -0.3 is 0 Å². The molecule has 1 atom stereocenters. The van der Waals surface area contributed by atoms with Crippen LogP contribution in [-0.4, -0.2) is 4.98 Å². The van der Waals surface area contributed by atoms with E-state index in [0.717, 1.165) is 0 Å². The Morgan fingerprint density at radius 1 is 0.900 bits per heavy atom. The summed E-state index contributed by atoms with van der Waals surface area (Å²) in [7, 11) is 0. The van der Waals surface area contributed by atoms with Crippen LogP contribution < -0.4 is 0 Å². The molecule has 2 rings (SSSR count). The molecule has 0 bridgehead atoms. The highest BCUT2D eigenvalue weighted by atomic mass is 14.6. The molecule has 0 radical (unpaired) electrons. The zero-order chi connectivity index (χ0) is 14.0. The molecular weight excluding hydrogens is 242 g/mol. The van der Waals surface area contributed by atoms with Crippen molar-refractivity contribution in [3.63, 3.8) is 0 Å². The molecule has 1 aromatic carbocycles. The molecule has 1 heterocycles. The predicted octanol–water partition coefficient (Wildman–Crippen LogP) is 5.38. The monoisotopic (exact) mass is 267 g/mol. The second kappa shape index (κ2) is 8.52. The molecule has 1 unspecified atom stereocenters. The lowest BCUT2D eigenvalue weighted by atomic mass is 9.96. The molecule has 20 heavy (non-hydrogen) atoms. The van der Waals surface area contributed by atoms with E-state index in [2.05, 4.69) is 48.3 Å². The first kappa shape index (κ1) is 14.8. The van der Waals surface area contributed by atoms with E-state index in [9.17, 15) is 0 Å². The summed E-state index contributed by atoms with van der Waals surface area (Å²) in [5, 5.41) is 0. The predicted molar refractivity (Wildman–Crippen MR) is 85.9 cm³/mol. The topological polar surface area (TPSA) is 12.9 Å². The lowest BCUT2D eigenvalue weighted by Gasteiger charge is -2.10. The average Bonchev–Trinajstić information content (AvgIpc) is 2.52. The van der Waals surface area contributed by atoms with Crippen LogP contribution in [0.25, 0.3) is 0 Å². The zero-order valence-corrected chi connectivity index (χ0v) is 12.5. The average molecular weight is 267 g/mol. The highest BCUT2D eigenvalue weighted by molar-refractivity contribution is 5.14. The minimum absolute atomic E-state index is 0.637. The summed E-state index contributed by atoms with van der Waals surface area (Å²) in [4.78, 5) is 4.20. The van der Waals surface area contributed by atoms with Crippen molar-refractivity contribution in [1.29, 1.82) is 0 Å². The van der Waals surface area contributed by atoms with Crippen LogP contribution in [0.2, 0.25) is 0 Å². The van der Waals surface area contributed by atoms with Gasteiger partial charge >= 0.3 is 0 Å². The van der Waals surface area contributed by atoms with E-state index < -0.39 is 0 Å². The van der Waals surface area contributed by atoms with E-state index in [1.165, 1.54) is 49.7 Å². The van der Waals surface area contributed by atoms with Gasteiger partial charge in [-0.2, -0.15) is 0 Å². The minimum atomic E-state index is 0.637. The third-order valence-electron chi connectivity index (χ3n) is 3.95. The van der Waals surface area contributed by atoms with Gasteiger partial charge in [-0.3, -0.25) is 4.98 Å². The number of aryl methyl sites for hydroxylation is 1. The van der Waals surface area contributed by atoms with Gasteiger partial charge in [0.2, 0.25) is 0 Å². The number of unbranched alkanes of at least 4 members (excludes halogenated alkanes) is 3. The lowest BCUT2D eigenvalue weighted by Crippen LogP contribution is -1.94. The maximum absolute atomic E-state index is 4.20. The molecule has 0 spiro atoms. The van der Waals surface area contributed by atoms with Crippen molar-refractivity contribution >= 4 is 0 Å². The molecule has 0 N–H and O–H groups in total. The Bertz CT molecular complexity index is 464. The molecule has 0 aliphatic carbocycles. The highest BCUT2D eigenvalue weighted by Crippen LogP contribution is 2.21. The maximum Gasteiger partial charge on any atom is 0.0302 e. The van der Waals surface area contributed by atoms with Crippen molar-refractivity contribution < 1.29 is 0 Å². The molecule has 0 aliphatic heterocycles. The summed E-state index contributed by atoms with van der Waals surface area (Å²) in [6.45, 7) is 2.31. The largest absolute Gasteiger partial charge is 0.264 e. The molecule has 106 valence electrons. The third kappa shape index (κ3) is 5.16. The van der Waals surface area contributed by atoms with Gasteiger partial charge in [-0.15, -0.1) is 0 Å². The van der Waals surface area contributed by atoms with Crippen LogP contribution in [0.4, 0.5) is 0 Å². The van der Waals surface area contributed by atoms with Crippen molar-refractivity contribution in [2.75, 3.05) is 0 Å². The van der Waals surface area contributed by atoms with E-state index in [0.29, 0.717) is 5.92 Å². The fourth-order valence-corrected chi connectivity index (χ4v) is 2.61. The molecule has 0 amide bonds. The Morgan fingerprint density at radius 2 is 1.70 bits per heavy atom. The van der Waals surface area contributed by atoms with Gasteiger partial charge in [-0.05, 0) is 42.4 Å². The van der Waals surface area contributed by atoms with E-state index >= 15 is 0 Å². The summed E-state index contributed by atoms with van der Waals surface area (Å²) < 4.78 is 0. The first-order chi connectivity index (χ1) is 9.86. The molecule has 0 saturated heterocycles. The Hall–Kier alpha value is -1.63. The second-order valence-electron chi connectivity index (χ2n) is 5.63. The molecule has 1 nitrogen and oxygen atoms in total. The molecule has 1 heteroatoms. The summed E-state index contributed by atoms with van der Waals surface area (Å²) in [6, 6.07) is 15.0. The normalized spacial score (nSPS) is 12.2. The van der Waals surface area contributed by atoms with Crippen molar-refractivity contribution in [3.05, 3.63) is 66.0 Å². The van der Waals surface area contributed by atoms with Crippen molar-refractivity contribution in [1.82, 2.24) is 4.98 Å². The molecular formula is C19H25N. The van der Waals surface area contributed by atoms with Crippen molar-refractivity contribution in [2.45, 2.75) is 51.4 Å². The third-order valence-corrected chi connectivity index (χ3v) is 3.95. The Labute approximate surface area is 123 Å². The van der Waals surface area contributed by atoms with E-state index in [1.54, 1.807) is 0 Å². The number of hydrogen-bond donors (Lipinski definition) is 0. The summed E-state index contributed by atoms with van der Waals surface area (Å²) in [5.41, 5.74) is 2.84. The number of rotatable bonds is 8. The van der Waals surface area contributed by atoms with Crippen LogP contribution in [0, 0.1) is 0 Å². The summed E-state index contributed by atoms with van der Waals surface area (Å²) >= 11 is 0. The molecule has 0 aliphatic rings. The minimum Gasteiger partial charge on any atom is -0.264 e. The number of aromatic nitrogens is 1. The molecule has 0 saturated carbocycles. The standard InChI is InChI=1S/C19H25N/c1-17(19-14-9-15-20-16-19)10-5-2-3-6-11-18-12-7-4-8-13-18/h4,7-9,12-17H,2-3,5-6,10-11H2,1H3. The Kier molecular flexibility index (Phi) is 6.30. The van der Waals surface area contributed by atoms with Gasteiger partial charge in [0.25, 0.3) is 0 Å². The van der Waals surface area contributed by atoms with Gasteiger partial charge in [0, 0.05) is 12.4 Å². The first-order valence-corrected chi connectivity index (χ1v) is 7.80. The smallest absolute Gasteiger partial charge is 0.0302 e. The van der Waals surface area contributed by atoms with Gasteiger partial charge in [0.1, 0.15) is 0 Å². The molecule has 2 aromatic rings. The fourth-order valence-electron chi connectivity index (χ4n) is 2.61. The number of benzene rings is 1. The SMILES string of the molecule is CC(CCCCCCc1ccccc1)c1cccnc1. The Balaban J connectivity index is 1.56. The number of nitrogens with zero attached hydrogens (tertiary/aromatic N) is 1. The van der Waals surface area contributed by atoms with E-state index in [4.69, 9.17) is 0 Å². The maximum atomic E-state index is 4.20. The molecule has 0 fully saturated rings. The van der Waals surface area contributed by atoms with Gasteiger partial charge in [-0.25, -0.2) is 0 Å². The van der Waals surface area contributed by atoms with Gasteiger partial charge in [0.05, 0.1) is 0 Å². The van der Waals surface area contributed by atoms with Crippen LogP contribution >= 0.6 is 0 Å². The quantitative estimate of drug-likeness (QED) is 0.585. The Morgan fingerprint density at radius 3 is 2.45 bits per heavy atom. The zero-order valence-electron chi connectivity index (χ0n) is 12.5. The first-order valence-electron chi connectivity index (χ1n) is 7.80. The van der Waals surface area contributed by atoms with Crippen LogP contribution in [0.15, 0.2) is 54.9 Å². The van der Waals surface area contributed by atoms with Gasteiger partial charge in [-0.1, -0.05) is 62.6 Å². The number of hydrogen-bond acceptors (Lipinski definition) is 1. The highest BCUT2D eigenvalue weighted by Gasteiger charge is 2.04. The van der Waals surface area contributed by atoms with E-state index in [1.807, 2.05) is 18.5 Å². The van der Waals surface area contributed by atoms with E-state index in [-0.39, 0.29) is 0 Å². The van der Waals surface area contributed by atoms with Crippen LogP contribution in [0.1, 0.15) is 56.1 Å².